The van der Waals surface area contributed by atoms with E-state index in [1.165, 1.54) is 109 Å². The summed E-state index contributed by atoms with van der Waals surface area (Å²) in [6.07, 6.45) is 23.1. The molecule has 0 saturated carbocycles. The molecule has 0 N–H and O–H groups in total. The summed E-state index contributed by atoms with van der Waals surface area (Å²) in [5, 5.41) is 0. The third-order valence-electron chi connectivity index (χ3n) is 4.74. The Morgan fingerprint density at radius 1 is 0.385 bits per heavy atom. The summed E-state index contributed by atoms with van der Waals surface area (Å²) in [6.45, 7) is 9.62. The van der Waals surface area contributed by atoms with Crippen molar-refractivity contribution in [2.75, 3.05) is 26.9 Å². The lowest BCUT2D eigenvalue weighted by Crippen LogP contribution is -1.96. The quantitative estimate of drug-likeness (QED) is 0.200. The Bertz CT molecular complexity index is 184. The van der Waals surface area contributed by atoms with Gasteiger partial charge in [-0.2, -0.15) is 0 Å². The molecule has 0 unspecified atom stereocenters. The SMILES string of the molecule is CCCCCCCCCCOC.CCCCCCCCCOCCCC. The van der Waals surface area contributed by atoms with Crippen molar-refractivity contribution in [3.8, 4) is 0 Å². The van der Waals surface area contributed by atoms with E-state index in [-0.39, 0.29) is 0 Å². The van der Waals surface area contributed by atoms with E-state index in [0.29, 0.717) is 0 Å². The van der Waals surface area contributed by atoms with Crippen molar-refractivity contribution in [2.24, 2.45) is 0 Å². The first kappa shape index (κ1) is 28.1. The predicted octanol–water partition coefficient (Wildman–Crippen LogP) is 8.33. The van der Waals surface area contributed by atoms with E-state index in [1.54, 1.807) is 7.11 Å². The number of rotatable bonds is 20. The molecule has 26 heavy (non-hydrogen) atoms. The van der Waals surface area contributed by atoms with E-state index in [1.807, 2.05) is 0 Å². The Labute approximate surface area is 166 Å². The lowest BCUT2D eigenvalue weighted by molar-refractivity contribution is 0.127. The molecule has 0 atom stereocenters. The van der Waals surface area contributed by atoms with Crippen LogP contribution in [0.3, 0.4) is 0 Å². The van der Waals surface area contributed by atoms with Gasteiger partial charge in [0.1, 0.15) is 0 Å². The van der Waals surface area contributed by atoms with Gasteiger partial charge in [-0.05, 0) is 19.3 Å². The highest BCUT2D eigenvalue weighted by atomic mass is 16.5. The summed E-state index contributed by atoms with van der Waals surface area (Å²) < 4.78 is 10.5. The van der Waals surface area contributed by atoms with Crippen LogP contribution in [0, 0.1) is 0 Å². The molecule has 0 aliphatic heterocycles. The second kappa shape index (κ2) is 29.7. The average Bonchev–Trinajstić information content (AvgIpc) is 2.66. The Morgan fingerprint density at radius 3 is 1.15 bits per heavy atom. The molecule has 0 saturated heterocycles. The summed E-state index contributed by atoms with van der Waals surface area (Å²) >= 11 is 0. The maximum absolute atomic E-state index is 5.50. The Balaban J connectivity index is 0. The fraction of sp³-hybridized carbons (Fsp3) is 1.00. The second-order valence-corrected chi connectivity index (χ2v) is 7.55. The van der Waals surface area contributed by atoms with Crippen LogP contribution in [-0.2, 0) is 9.47 Å². The van der Waals surface area contributed by atoms with Crippen LogP contribution in [0.5, 0.6) is 0 Å². The van der Waals surface area contributed by atoms with E-state index < -0.39 is 0 Å². The molecular formula is C24H52O2. The Morgan fingerprint density at radius 2 is 0.731 bits per heavy atom. The molecule has 0 radical (unpaired) electrons. The zero-order valence-corrected chi connectivity index (χ0v) is 19.0. The number of ether oxygens (including phenoxy) is 2. The van der Waals surface area contributed by atoms with E-state index in [9.17, 15) is 0 Å². The number of methoxy groups -OCH3 is 1. The van der Waals surface area contributed by atoms with Crippen LogP contribution in [-0.4, -0.2) is 26.9 Å². The van der Waals surface area contributed by atoms with Gasteiger partial charge < -0.3 is 9.47 Å². The number of hydrogen-bond acceptors (Lipinski definition) is 2. The summed E-state index contributed by atoms with van der Waals surface area (Å²) in [5.74, 6) is 0. The third kappa shape index (κ3) is 31.7. The molecule has 160 valence electrons. The minimum absolute atomic E-state index is 0.939. The summed E-state index contributed by atoms with van der Waals surface area (Å²) in [6, 6.07) is 0. The fourth-order valence-corrected chi connectivity index (χ4v) is 2.89. The van der Waals surface area contributed by atoms with E-state index in [4.69, 9.17) is 9.47 Å². The second-order valence-electron chi connectivity index (χ2n) is 7.55. The molecule has 0 aromatic heterocycles. The van der Waals surface area contributed by atoms with Gasteiger partial charge in [0.25, 0.3) is 0 Å². The van der Waals surface area contributed by atoms with Crippen LogP contribution >= 0.6 is 0 Å². The largest absolute Gasteiger partial charge is 0.385 e. The summed E-state index contributed by atoms with van der Waals surface area (Å²) in [5.41, 5.74) is 0. The van der Waals surface area contributed by atoms with Crippen LogP contribution in [0.2, 0.25) is 0 Å². The molecule has 2 heteroatoms. The molecule has 0 rings (SSSR count). The summed E-state index contributed by atoms with van der Waals surface area (Å²) in [7, 11) is 1.78. The van der Waals surface area contributed by atoms with Crippen molar-refractivity contribution >= 4 is 0 Å². The van der Waals surface area contributed by atoms with Gasteiger partial charge in [-0.15, -0.1) is 0 Å². The van der Waals surface area contributed by atoms with Crippen LogP contribution < -0.4 is 0 Å². The molecule has 0 spiro atoms. The van der Waals surface area contributed by atoms with Crippen molar-refractivity contribution in [3.05, 3.63) is 0 Å². The van der Waals surface area contributed by atoms with Crippen molar-refractivity contribution in [1.82, 2.24) is 0 Å². The van der Waals surface area contributed by atoms with Crippen molar-refractivity contribution in [3.63, 3.8) is 0 Å². The Hall–Kier alpha value is -0.0800. The van der Waals surface area contributed by atoms with Crippen molar-refractivity contribution in [1.29, 1.82) is 0 Å². The van der Waals surface area contributed by atoms with Gasteiger partial charge >= 0.3 is 0 Å². The van der Waals surface area contributed by atoms with Gasteiger partial charge in [0.2, 0.25) is 0 Å². The summed E-state index contributed by atoms with van der Waals surface area (Å²) in [4.78, 5) is 0. The molecule has 0 fully saturated rings. The highest BCUT2D eigenvalue weighted by Crippen LogP contribution is 2.08. The molecule has 0 aromatic carbocycles. The zero-order chi connectivity index (χ0) is 19.6. The standard InChI is InChI=1S/C13H28O.C11H24O/c1-3-5-7-8-9-10-11-13-14-12-6-4-2;1-3-4-5-6-7-8-9-10-11-12-2/h3-13H2,1-2H3;3-11H2,1-2H3. The first-order valence-electron chi connectivity index (χ1n) is 11.9. The van der Waals surface area contributed by atoms with E-state index in [0.717, 1.165) is 19.8 Å². The van der Waals surface area contributed by atoms with Gasteiger partial charge in [0.05, 0.1) is 0 Å². The van der Waals surface area contributed by atoms with Crippen LogP contribution in [0.1, 0.15) is 130 Å². The average molecular weight is 373 g/mol. The van der Waals surface area contributed by atoms with E-state index >= 15 is 0 Å². The molecule has 0 amide bonds. The lowest BCUT2D eigenvalue weighted by atomic mass is 10.1. The van der Waals surface area contributed by atoms with Gasteiger partial charge in [-0.3, -0.25) is 0 Å². The highest BCUT2D eigenvalue weighted by Gasteiger charge is 1.92. The topological polar surface area (TPSA) is 18.5 Å². The molecule has 0 heterocycles. The van der Waals surface area contributed by atoms with Gasteiger partial charge in [-0.25, -0.2) is 0 Å². The molecule has 0 aliphatic carbocycles. The molecular weight excluding hydrogens is 320 g/mol. The smallest absolute Gasteiger partial charge is 0.0466 e. The van der Waals surface area contributed by atoms with Crippen molar-refractivity contribution in [2.45, 2.75) is 130 Å². The monoisotopic (exact) mass is 372 g/mol. The first-order valence-corrected chi connectivity index (χ1v) is 11.9. The zero-order valence-electron chi connectivity index (χ0n) is 19.0. The fourth-order valence-electron chi connectivity index (χ4n) is 2.89. The minimum atomic E-state index is 0.939. The maximum Gasteiger partial charge on any atom is 0.0466 e. The third-order valence-corrected chi connectivity index (χ3v) is 4.74. The highest BCUT2D eigenvalue weighted by molar-refractivity contribution is 4.46. The molecule has 0 aliphatic rings. The normalized spacial score (nSPS) is 10.6. The van der Waals surface area contributed by atoms with Crippen molar-refractivity contribution < 1.29 is 9.47 Å². The molecule has 0 aromatic rings. The predicted molar refractivity (Wildman–Crippen MR) is 118 cm³/mol. The van der Waals surface area contributed by atoms with E-state index in [2.05, 4.69) is 20.8 Å². The number of unbranched alkanes of at least 4 members (excludes halogenated alkanes) is 14. The number of hydrogen-bond donors (Lipinski definition) is 0. The maximum atomic E-state index is 5.50. The molecule has 2 nitrogen and oxygen atoms in total. The van der Waals surface area contributed by atoms with Crippen LogP contribution in [0.15, 0.2) is 0 Å². The first-order chi connectivity index (χ1) is 12.8. The van der Waals surface area contributed by atoms with Gasteiger partial charge in [0, 0.05) is 26.9 Å². The minimum Gasteiger partial charge on any atom is -0.385 e. The van der Waals surface area contributed by atoms with Gasteiger partial charge in [-0.1, -0.05) is 111 Å². The lowest BCUT2D eigenvalue weighted by Gasteiger charge is -2.03. The molecule has 0 bridgehead atoms. The van der Waals surface area contributed by atoms with Crippen LogP contribution in [0.4, 0.5) is 0 Å². The van der Waals surface area contributed by atoms with Crippen LogP contribution in [0.25, 0.3) is 0 Å². The van der Waals surface area contributed by atoms with Gasteiger partial charge in [0.15, 0.2) is 0 Å². The Kier molecular flexibility index (Phi) is 32.1.